The Morgan fingerprint density at radius 2 is 1.34 bits per heavy atom. The molecule has 9 heteroatoms. The maximum Gasteiger partial charge on any atom is 0.0375 e. The smallest absolute Gasteiger partial charge is 0.0375 e. The van der Waals surface area contributed by atoms with Gasteiger partial charge in [-0.25, -0.2) is 12.1 Å². The van der Waals surface area contributed by atoms with E-state index < -0.39 is 0 Å². The first-order chi connectivity index (χ1) is 11.0. The van der Waals surface area contributed by atoms with E-state index in [1.165, 1.54) is 5.56 Å². The van der Waals surface area contributed by atoms with Gasteiger partial charge >= 0.3 is 0 Å². The third-order valence-corrected chi connectivity index (χ3v) is 2.77. The number of aromatic nitrogens is 3. The van der Waals surface area contributed by atoms with Crippen LogP contribution in [0.15, 0.2) is 48.8 Å². The molecule has 3 aromatic rings. The number of aryl methyl sites for hydroxylation is 5. The fourth-order valence-corrected chi connectivity index (χ4v) is 1.59. The minimum Gasteiger partial charge on any atom is -0.391 e. The van der Waals surface area contributed by atoms with Gasteiger partial charge in [0.2, 0.25) is 0 Å². The van der Waals surface area contributed by atoms with Crippen molar-refractivity contribution in [1.82, 2.24) is 15.0 Å². The van der Waals surface area contributed by atoms with Crippen molar-refractivity contribution in [3.05, 3.63) is 89.3 Å². The van der Waals surface area contributed by atoms with E-state index in [9.17, 15) is 0 Å². The fraction of sp³-hybridized carbons (Fsp3) is 0.250. The van der Waals surface area contributed by atoms with Gasteiger partial charge in [0.25, 0.3) is 0 Å². The van der Waals surface area contributed by atoms with E-state index in [0.717, 1.165) is 22.6 Å². The second-order valence-electron chi connectivity index (χ2n) is 5.26. The molecule has 0 N–H and O–H groups in total. The number of hydrogen-bond acceptors (Lipinski definition) is 3. The second kappa shape index (κ2) is 30.1. The Kier molecular flexibility index (Phi) is 48.2. The largest absolute Gasteiger partial charge is 0.391 e. The summed E-state index contributed by atoms with van der Waals surface area (Å²) >= 11 is 0. The van der Waals surface area contributed by atoms with Crippen LogP contribution in [0.3, 0.4) is 0 Å². The molecule has 6 radical (unpaired) electrons. The fourth-order valence-electron chi connectivity index (χ4n) is 1.59. The van der Waals surface area contributed by atoms with Gasteiger partial charge in [0, 0.05) is 208 Å². The van der Waals surface area contributed by atoms with Gasteiger partial charge in [0.05, 0.1) is 0 Å². The summed E-state index contributed by atoms with van der Waals surface area (Å²) in [5.74, 6) is 0. The van der Waals surface area contributed by atoms with Crippen molar-refractivity contribution in [2.24, 2.45) is 0 Å². The van der Waals surface area contributed by atoms with Crippen molar-refractivity contribution < 1.29 is 196 Å². The molecule has 3 aromatic heterocycles. The number of nitrogens with zero attached hydrogens (tertiary/aromatic N) is 3. The molecule has 29 heavy (non-hydrogen) atoms. The first-order valence-electron chi connectivity index (χ1n) is 7.47. The third kappa shape index (κ3) is 28.2. The van der Waals surface area contributed by atoms with Crippen LogP contribution in [0, 0.1) is 46.9 Å². The quantitative estimate of drug-likeness (QED) is 0.316. The Bertz CT molecular complexity index is 660. The van der Waals surface area contributed by atoms with Gasteiger partial charge in [-0.05, 0) is 38.5 Å². The maximum atomic E-state index is 4.04. The molecule has 0 atom stereocenters. The Morgan fingerprint density at radius 3 is 1.62 bits per heavy atom. The molecule has 0 aliphatic heterocycles. The maximum absolute atomic E-state index is 4.04. The Morgan fingerprint density at radius 1 is 0.724 bits per heavy atom. The molecule has 0 saturated carbocycles. The topological polar surface area (TPSA) is 38.7 Å². The molecule has 138 valence electrons. The molecule has 3 nitrogen and oxygen atoms in total. The molecule has 0 spiro atoms. The minimum atomic E-state index is 0. The number of hydrogen-bond donors (Lipinski definition) is 0. The first-order valence-corrected chi connectivity index (χ1v) is 7.47. The summed E-state index contributed by atoms with van der Waals surface area (Å²) in [5, 5.41) is 0. The van der Waals surface area contributed by atoms with Gasteiger partial charge in [-0.1, -0.05) is 30.7 Å². The van der Waals surface area contributed by atoms with Crippen molar-refractivity contribution in [3.8, 4) is 0 Å². The van der Waals surface area contributed by atoms with E-state index in [-0.39, 0.29) is 196 Å². The van der Waals surface area contributed by atoms with Crippen LogP contribution in [-0.2, 0) is 196 Å². The second-order valence-corrected chi connectivity index (χ2v) is 5.26. The van der Waals surface area contributed by atoms with Gasteiger partial charge in [-0.2, -0.15) is 23.8 Å². The summed E-state index contributed by atoms with van der Waals surface area (Å²) < 4.78 is 0. The van der Waals surface area contributed by atoms with Crippen LogP contribution < -0.4 is 0 Å². The van der Waals surface area contributed by atoms with Gasteiger partial charge < -0.3 is 9.97 Å². The van der Waals surface area contributed by atoms with Crippen molar-refractivity contribution in [2.45, 2.75) is 34.6 Å². The Balaban J connectivity index is -0.0000000621. The van der Waals surface area contributed by atoms with Crippen LogP contribution in [0.5, 0.6) is 0 Å². The summed E-state index contributed by atoms with van der Waals surface area (Å²) in [4.78, 5) is 11.9. The molecule has 3 rings (SSSR count). The zero-order valence-corrected chi connectivity index (χ0v) is 35.0. The van der Waals surface area contributed by atoms with Crippen LogP contribution in [0.25, 0.3) is 0 Å². The molecule has 0 fully saturated rings. The van der Waals surface area contributed by atoms with Gasteiger partial charge in [-0.3, -0.25) is 4.98 Å². The average molecular weight is 839 g/mol. The van der Waals surface area contributed by atoms with E-state index in [1.54, 1.807) is 6.07 Å². The predicted molar refractivity (Wildman–Crippen MR) is 94.1 cm³/mol. The van der Waals surface area contributed by atoms with Gasteiger partial charge in [0.1, 0.15) is 0 Å². The van der Waals surface area contributed by atoms with Crippen molar-refractivity contribution in [1.29, 1.82) is 0 Å². The van der Waals surface area contributed by atoms with E-state index in [4.69, 9.17) is 0 Å². The van der Waals surface area contributed by atoms with E-state index >= 15 is 0 Å². The van der Waals surface area contributed by atoms with E-state index in [0.29, 0.717) is 0 Å². The molecular weight excluding hydrogens is 816 g/mol. The third-order valence-electron chi connectivity index (χ3n) is 2.77. The van der Waals surface area contributed by atoms with Crippen LogP contribution in [0.4, 0.5) is 0 Å². The van der Waals surface area contributed by atoms with Crippen LogP contribution >= 0.6 is 0 Å². The molecule has 0 saturated heterocycles. The van der Waals surface area contributed by atoms with Crippen molar-refractivity contribution in [3.63, 3.8) is 0 Å². The van der Waals surface area contributed by atoms with Crippen LogP contribution in [-0.4, -0.2) is 15.0 Å². The predicted octanol–water partition coefficient (Wildman–Crippen LogP) is 4.37. The van der Waals surface area contributed by atoms with Gasteiger partial charge in [0.15, 0.2) is 0 Å². The zero-order chi connectivity index (χ0) is 17.1. The molecule has 0 aromatic carbocycles. The van der Waals surface area contributed by atoms with E-state index in [2.05, 4.69) is 40.2 Å². The summed E-state index contributed by atoms with van der Waals surface area (Å²) in [7, 11) is 0. The number of rotatable bonds is 0. The molecule has 0 aliphatic rings. The van der Waals surface area contributed by atoms with Gasteiger partial charge in [-0.15, -0.1) is 6.92 Å². The summed E-state index contributed by atoms with van der Waals surface area (Å²) in [6, 6.07) is 14.6. The van der Waals surface area contributed by atoms with Crippen molar-refractivity contribution in [2.75, 3.05) is 0 Å². The standard InChI is InChI=1S/C7H9N.C7H8N.C6H6N.6Y/c1-6-3-4-8-7(2)5-6;1-6-3-4-7(2)8-5-6;1-6-4-2-3-5-7-6;;;;;;/h3-5H,1-2H3;3,5H,1-2H3;2-4H,1H3;;;;;;/q;2*-1;;;;;;. The minimum absolute atomic E-state index is 0. The normalized spacial score (nSPS) is 7.21. The molecule has 0 unspecified atom stereocenters. The molecule has 0 amide bonds. The molecule has 0 aliphatic carbocycles. The first kappa shape index (κ1) is 46.4. The van der Waals surface area contributed by atoms with Crippen molar-refractivity contribution >= 4 is 0 Å². The number of pyridine rings is 3. The summed E-state index contributed by atoms with van der Waals surface area (Å²) in [6.45, 7) is 9.93. The SMILES string of the molecule is Cc1c[c-]c(C)nc1.Cc1ccc[c-]n1.Cc1ccnc(C)c1.[Y].[Y].[Y].[Y].[Y].[Y]. The molecule has 0 bridgehead atoms. The Hall–Kier alpha value is 4.07. The van der Waals surface area contributed by atoms with Crippen LogP contribution in [0.1, 0.15) is 28.2 Å². The zero-order valence-electron chi connectivity index (χ0n) is 17.9. The Labute approximate surface area is 327 Å². The summed E-state index contributed by atoms with van der Waals surface area (Å²) in [6.07, 6.45) is 6.37. The monoisotopic (exact) mass is 839 g/mol. The average Bonchev–Trinajstić information content (AvgIpc) is 2.52. The summed E-state index contributed by atoms with van der Waals surface area (Å²) in [5.41, 5.74) is 5.50. The van der Waals surface area contributed by atoms with Crippen LogP contribution in [0.2, 0.25) is 0 Å². The molecular formula is C20H23N3Y6-2. The molecule has 3 heterocycles. The van der Waals surface area contributed by atoms with E-state index in [1.807, 2.05) is 64.4 Å².